The molecule has 40 heavy (non-hydrogen) atoms. The van der Waals surface area contributed by atoms with E-state index < -0.39 is 5.76 Å². The highest BCUT2D eigenvalue weighted by atomic mass is 16.5. The van der Waals surface area contributed by atoms with E-state index in [4.69, 9.17) is 4.52 Å². The van der Waals surface area contributed by atoms with Crippen molar-refractivity contribution in [2.45, 2.75) is 64.3 Å². The molecule has 1 saturated carbocycles. The van der Waals surface area contributed by atoms with E-state index in [-0.39, 0.29) is 17.4 Å². The summed E-state index contributed by atoms with van der Waals surface area (Å²) in [5.74, 6) is 0.570. The minimum atomic E-state index is -0.603. The summed E-state index contributed by atoms with van der Waals surface area (Å²) < 4.78 is 8.30. The van der Waals surface area contributed by atoms with E-state index in [1.165, 1.54) is 6.33 Å². The summed E-state index contributed by atoms with van der Waals surface area (Å²) in [6, 6.07) is 15.7. The Morgan fingerprint density at radius 2 is 1.75 bits per heavy atom. The van der Waals surface area contributed by atoms with Crippen LogP contribution in [-0.2, 0) is 17.6 Å². The van der Waals surface area contributed by atoms with Crippen LogP contribution in [0.2, 0.25) is 0 Å². The number of fused-ring (bicyclic) bond motifs is 1. The number of carbonyl (C=O) groups excluding carboxylic acids is 1. The van der Waals surface area contributed by atoms with Gasteiger partial charge in [-0.3, -0.25) is 23.7 Å². The van der Waals surface area contributed by atoms with Crippen molar-refractivity contribution in [2.75, 3.05) is 0 Å². The topological polar surface area (TPSA) is 128 Å². The third-order valence-corrected chi connectivity index (χ3v) is 7.74. The molecule has 0 spiro atoms. The van der Waals surface area contributed by atoms with Crippen molar-refractivity contribution in [2.24, 2.45) is 0 Å². The van der Waals surface area contributed by atoms with Crippen LogP contribution in [0.5, 0.6) is 0 Å². The number of aromatic amines is 1. The van der Waals surface area contributed by atoms with Gasteiger partial charge in [0.25, 0.3) is 5.56 Å². The Kier molecular flexibility index (Phi) is 6.98. The molecule has 0 unspecified atom stereocenters. The van der Waals surface area contributed by atoms with Crippen molar-refractivity contribution in [1.82, 2.24) is 29.3 Å². The van der Waals surface area contributed by atoms with Crippen molar-refractivity contribution < 1.29 is 9.32 Å². The lowest BCUT2D eigenvalue weighted by molar-refractivity contribution is -0.120. The Balaban J connectivity index is 1.39. The van der Waals surface area contributed by atoms with Gasteiger partial charge in [-0.2, -0.15) is 10.1 Å². The average molecular weight is 539 g/mol. The number of hydrogen-bond acceptors (Lipinski definition) is 7. The van der Waals surface area contributed by atoms with E-state index in [1.54, 1.807) is 4.57 Å². The van der Waals surface area contributed by atoms with Crippen molar-refractivity contribution in [3.8, 4) is 22.5 Å². The van der Waals surface area contributed by atoms with Gasteiger partial charge in [-0.25, -0.2) is 9.31 Å². The number of unbranched alkanes of at least 4 members (excludes halogenated alkanes) is 1. The number of Topliss-reactive ketones (excluding diaryl/α,β-unsaturated/α-hetero) is 1. The maximum Gasteiger partial charge on any atom is 0.439 e. The zero-order valence-corrected chi connectivity index (χ0v) is 22.3. The van der Waals surface area contributed by atoms with Crippen LogP contribution in [0.4, 0.5) is 0 Å². The summed E-state index contributed by atoms with van der Waals surface area (Å²) >= 11 is 0. The Labute approximate surface area is 229 Å². The average Bonchev–Trinajstić information content (AvgIpc) is 3.63. The van der Waals surface area contributed by atoms with Gasteiger partial charge in [0.15, 0.2) is 5.82 Å². The molecular weight excluding hydrogens is 508 g/mol. The number of H-pyrrole nitrogens is 1. The molecule has 1 N–H and O–H groups in total. The van der Waals surface area contributed by atoms with Gasteiger partial charge in [0.1, 0.15) is 12.1 Å². The van der Waals surface area contributed by atoms with E-state index in [2.05, 4.69) is 27.1 Å². The highest BCUT2D eigenvalue weighted by Gasteiger charge is 2.27. The maximum atomic E-state index is 14.1. The number of carbonyl (C=O) groups is 1. The van der Waals surface area contributed by atoms with Crippen molar-refractivity contribution in [1.29, 1.82) is 0 Å². The van der Waals surface area contributed by atoms with Gasteiger partial charge in [-0.1, -0.05) is 67.0 Å². The molecule has 1 fully saturated rings. The van der Waals surface area contributed by atoms with Crippen molar-refractivity contribution >= 4 is 11.6 Å². The molecular formula is C30H30N6O4. The predicted octanol–water partition coefficient (Wildman–Crippen LogP) is 4.52. The van der Waals surface area contributed by atoms with Crippen LogP contribution in [0.15, 0.2) is 69.0 Å². The van der Waals surface area contributed by atoms with Gasteiger partial charge in [-0.15, -0.1) is 0 Å². The molecule has 0 radical (unpaired) electrons. The monoisotopic (exact) mass is 538 g/mol. The number of aryl methyl sites for hydroxylation is 1. The number of benzene rings is 2. The lowest BCUT2D eigenvalue weighted by Crippen LogP contribution is -2.34. The second-order valence-electron chi connectivity index (χ2n) is 10.3. The molecule has 10 heteroatoms. The van der Waals surface area contributed by atoms with Crippen LogP contribution in [0, 0.1) is 0 Å². The molecule has 3 heterocycles. The molecule has 0 aliphatic heterocycles. The third kappa shape index (κ3) is 4.81. The number of nitrogens with zero attached hydrogens (tertiary/aromatic N) is 5. The van der Waals surface area contributed by atoms with E-state index in [0.717, 1.165) is 52.8 Å². The van der Waals surface area contributed by atoms with Crippen LogP contribution in [0.3, 0.4) is 0 Å². The Hall–Kier alpha value is -4.60. The first-order valence-corrected chi connectivity index (χ1v) is 13.8. The minimum absolute atomic E-state index is 0.0460. The van der Waals surface area contributed by atoms with Gasteiger partial charge in [0.05, 0.1) is 5.69 Å². The maximum absolute atomic E-state index is 14.1. The molecule has 1 aliphatic carbocycles. The number of ketones is 1. The van der Waals surface area contributed by atoms with Crippen molar-refractivity contribution in [3.63, 3.8) is 0 Å². The van der Waals surface area contributed by atoms with E-state index >= 15 is 0 Å². The van der Waals surface area contributed by atoms with Gasteiger partial charge >= 0.3 is 5.76 Å². The molecule has 0 amide bonds. The first-order valence-electron chi connectivity index (χ1n) is 13.8. The van der Waals surface area contributed by atoms with Gasteiger partial charge in [-0.05, 0) is 42.4 Å². The summed E-state index contributed by atoms with van der Waals surface area (Å²) in [7, 11) is 0. The van der Waals surface area contributed by atoms with Crippen LogP contribution in [0.1, 0.15) is 68.3 Å². The smallest absolute Gasteiger partial charge is 0.300 e. The SMILES string of the molecule is CCCCc1c(Cc2ccc(-c3ccccc3-c3noc(=O)[nH]3)cc2)c(=O)n(C2CCC(=O)CC2)c2ncnn12. The first-order chi connectivity index (χ1) is 19.5. The molecule has 10 nitrogen and oxygen atoms in total. The summed E-state index contributed by atoms with van der Waals surface area (Å²) in [6.07, 6.45) is 6.86. The second kappa shape index (κ2) is 10.9. The normalized spacial score (nSPS) is 14.3. The fourth-order valence-electron chi connectivity index (χ4n) is 5.66. The Morgan fingerprint density at radius 3 is 2.45 bits per heavy atom. The zero-order chi connectivity index (χ0) is 27.6. The molecule has 6 rings (SSSR count). The largest absolute Gasteiger partial charge is 0.439 e. The molecule has 0 bridgehead atoms. The van der Waals surface area contributed by atoms with Crippen LogP contribution in [0.25, 0.3) is 28.3 Å². The zero-order valence-electron chi connectivity index (χ0n) is 22.3. The van der Waals surface area contributed by atoms with Crippen LogP contribution in [-0.4, -0.2) is 35.1 Å². The Morgan fingerprint density at radius 1 is 1.00 bits per heavy atom. The summed E-state index contributed by atoms with van der Waals surface area (Å²) in [4.78, 5) is 44.6. The lowest BCUT2D eigenvalue weighted by atomic mass is 9.93. The van der Waals surface area contributed by atoms with Crippen molar-refractivity contribution in [3.05, 3.63) is 92.6 Å². The minimum Gasteiger partial charge on any atom is -0.300 e. The second-order valence-corrected chi connectivity index (χ2v) is 10.3. The van der Waals surface area contributed by atoms with Crippen LogP contribution >= 0.6 is 0 Å². The highest BCUT2D eigenvalue weighted by Crippen LogP contribution is 2.31. The number of hydrogen-bond donors (Lipinski definition) is 1. The van der Waals surface area contributed by atoms with E-state index in [9.17, 15) is 14.4 Å². The van der Waals surface area contributed by atoms with E-state index in [0.29, 0.717) is 43.7 Å². The number of nitrogens with one attached hydrogen (secondary N) is 1. The Bertz CT molecular complexity index is 1780. The molecule has 2 aromatic carbocycles. The fourth-order valence-corrected chi connectivity index (χ4v) is 5.66. The lowest BCUT2D eigenvalue weighted by Gasteiger charge is -2.25. The molecule has 0 atom stereocenters. The summed E-state index contributed by atoms with van der Waals surface area (Å²) in [5, 5.41) is 8.37. The molecule has 204 valence electrons. The predicted molar refractivity (Wildman–Crippen MR) is 149 cm³/mol. The summed E-state index contributed by atoms with van der Waals surface area (Å²) in [6.45, 7) is 2.13. The number of aromatic nitrogens is 6. The summed E-state index contributed by atoms with van der Waals surface area (Å²) in [5.41, 5.74) is 5.18. The molecule has 1 aliphatic rings. The van der Waals surface area contributed by atoms with Gasteiger partial charge < -0.3 is 0 Å². The van der Waals surface area contributed by atoms with Gasteiger partial charge in [0.2, 0.25) is 5.78 Å². The quantitative estimate of drug-likeness (QED) is 0.308. The molecule has 3 aromatic heterocycles. The molecule has 0 saturated heterocycles. The first kappa shape index (κ1) is 25.7. The third-order valence-electron chi connectivity index (χ3n) is 7.74. The molecule has 5 aromatic rings. The van der Waals surface area contributed by atoms with Gasteiger partial charge in [0, 0.05) is 36.4 Å². The standard InChI is InChI=1S/C30H30N6O4/c1-2-3-8-26-25(28(38)35(29-31-18-32-36(26)29)21-13-15-22(37)16-14-21)17-19-9-11-20(12-10-19)23-6-4-5-7-24(23)27-33-30(39)40-34-27/h4-7,9-12,18,21H,2-3,8,13-17H2,1H3,(H,33,34,39). The van der Waals surface area contributed by atoms with E-state index in [1.807, 2.05) is 53.0 Å². The highest BCUT2D eigenvalue weighted by molar-refractivity contribution is 5.80. The fraction of sp³-hybridized carbons (Fsp3) is 0.333. The number of rotatable bonds is 8. The van der Waals surface area contributed by atoms with Crippen LogP contribution < -0.4 is 11.3 Å².